The average molecular weight is 226 g/mol. The molecule has 1 aromatic carbocycles. The van der Waals surface area contributed by atoms with Gasteiger partial charge in [0.1, 0.15) is 6.07 Å². The van der Waals surface area contributed by atoms with Gasteiger partial charge in [0.2, 0.25) is 0 Å². The van der Waals surface area contributed by atoms with Gasteiger partial charge in [-0.05, 0) is 6.07 Å². The fraction of sp³-hybridized carbons (Fsp3) is 0.100. The molecule has 0 spiro atoms. The van der Waals surface area contributed by atoms with Crippen molar-refractivity contribution >= 4 is 33.0 Å². The second-order valence-electron chi connectivity index (χ2n) is 2.78. The maximum Gasteiger partial charge on any atom is 0.182 e. The van der Waals surface area contributed by atoms with Crippen molar-refractivity contribution in [2.45, 2.75) is 5.88 Å². The monoisotopic (exact) mass is 225 g/mol. The Kier molecular flexibility index (Phi) is 2.40. The first-order chi connectivity index (χ1) is 6.77. The van der Waals surface area contributed by atoms with Crippen molar-refractivity contribution in [2.75, 3.05) is 0 Å². The van der Waals surface area contributed by atoms with Gasteiger partial charge in [0.05, 0.1) is 16.1 Å². The highest BCUT2D eigenvalue weighted by Gasteiger charge is 2.12. The van der Waals surface area contributed by atoms with E-state index in [1.807, 2.05) is 6.07 Å². The van der Waals surface area contributed by atoms with Gasteiger partial charge >= 0.3 is 0 Å². The summed E-state index contributed by atoms with van der Waals surface area (Å²) in [6, 6.07) is 7.24. The SMILES string of the molecule is N#Cc1cccc2c(CCl)c(F)sc12. The zero-order chi connectivity index (χ0) is 10.1. The zero-order valence-electron chi connectivity index (χ0n) is 7.05. The van der Waals surface area contributed by atoms with Gasteiger partial charge in [0.15, 0.2) is 5.13 Å². The van der Waals surface area contributed by atoms with Crippen LogP contribution in [0.4, 0.5) is 4.39 Å². The highest BCUT2D eigenvalue weighted by atomic mass is 35.5. The van der Waals surface area contributed by atoms with Gasteiger partial charge in [-0.1, -0.05) is 12.1 Å². The predicted molar refractivity (Wildman–Crippen MR) is 56.1 cm³/mol. The molecular formula is C10H5ClFNS. The van der Waals surface area contributed by atoms with E-state index in [0.717, 1.165) is 16.7 Å². The maximum absolute atomic E-state index is 13.3. The molecule has 1 aromatic heterocycles. The third-order valence-electron chi connectivity index (χ3n) is 2.02. The topological polar surface area (TPSA) is 23.8 Å². The van der Waals surface area contributed by atoms with Crippen LogP contribution in [-0.4, -0.2) is 0 Å². The number of nitrogens with zero attached hydrogens (tertiary/aromatic N) is 1. The Morgan fingerprint density at radius 1 is 1.50 bits per heavy atom. The zero-order valence-corrected chi connectivity index (χ0v) is 8.62. The molecule has 0 fully saturated rings. The summed E-state index contributed by atoms with van der Waals surface area (Å²) in [5.74, 6) is 0.140. The number of fused-ring (bicyclic) bond motifs is 1. The summed E-state index contributed by atoms with van der Waals surface area (Å²) in [4.78, 5) is 0. The molecule has 0 radical (unpaired) electrons. The minimum atomic E-state index is -0.294. The molecule has 70 valence electrons. The van der Waals surface area contributed by atoms with Gasteiger partial charge in [-0.25, -0.2) is 0 Å². The van der Waals surface area contributed by atoms with Crippen LogP contribution in [0.5, 0.6) is 0 Å². The van der Waals surface area contributed by atoms with Crippen molar-refractivity contribution in [1.29, 1.82) is 5.26 Å². The van der Waals surface area contributed by atoms with Crippen molar-refractivity contribution in [1.82, 2.24) is 0 Å². The Morgan fingerprint density at radius 3 is 2.93 bits per heavy atom. The predicted octanol–water partition coefficient (Wildman–Crippen LogP) is 3.65. The van der Waals surface area contributed by atoms with Crippen LogP contribution < -0.4 is 0 Å². The van der Waals surface area contributed by atoms with Gasteiger partial charge in [-0.2, -0.15) is 9.65 Å². The first-order valence-corrected chi connectivity index (χ1v) is 5.29. The largest absolute Gasteiger partial charge is 0.195 e. The summed E-state index contributed by atoms with van der Waals surface area (Å²) in [6.07, 6.45) is 0. The van der Waals surface area contributed by atoms with E-state index in [4.69, 9.17) is 16.9 Å². The summed E-state index contributed by atoms with van der Waals surface area (Å²) < 4.78 is 14.0. The molecule has 0 aliphatic heterocycles. The Morgan fingerprint density at radius 2 is 2.29 bits per heavy atom. The van der Waals surface area contributed by atoms with E-state index in [9.17, 15) is 4.39 Å². The van der Waals surface area contributed by atoms with Gasteiger partial charge < -0.3 is 0 Å². The molecule has 0 unspecified atom stereocenters. The van der Waals surface area contributed by atoms with Crippen LogP contribution in [0.2, 0.25) is 0 Å². The molecule has 2 rings (SSSR count). The minimum Gasteiger partial charge on any atom is -0.195 e. The summed E-state index contributed by atoms with van der Waals surface area (Å²) >= 11 is 6.61. The fourth-order valence-electron chi connectivity index (χ4n) is 1.35. The van der Waals surface area contributed by atoms with Gasteiger partial charge in [0.25, 0.3) is 0 Å². The molecule has 0 amide bonds. The lowest BCUT2D eigenvalue weighted by Crippen LogP contribution is -1.78. The number of rotatable bonds is 1. The molecule has 14 heavy (non-hydrogen) atoms. The summed E-state index contributed by atoms with van der Waals surface area (Å²) in [5, 5.41) is 9.27. The van der Waals surface area contributed by atoms with Crippen LogP contribution in [0.1, 0.15) is 11.1 Å². The fourth-order valence-corrected chi connectivity index (χ4v) is 2.70. The van der Waals surface area contributed by atoms with Crippen LogP contribution >= 0.6 is 22.9 Å². The van der Waals surface area contributed by atoms with Crippen molar-refractivity contribution in [3.63, 3.8) is 0 Å². The van der Waals surface area contributed by atoms with Gasteiger partial charge in [-0.15, -0.1) is 22.9 Å². The summed E-state index contributed by atoms with van der Waals surface area (Å²) in [6.45, 7) is 0. The Bertz CT molecular complexity index is 527. The first kappa shape index (κ1) is 9.45. The molecule has 1 nitrogen and oxygen atoms in total. The molecule has 0 aliphatic rings. The second kappa shape index (κ2) is 3.56. The normalized spacial score (nSPS) is 10.4. The maximum atomic E-state index is 13.3. The molecule has 2 aromatic rings. The lowest BCUT2D eigenvalue weighted by molar-refractivity contribution is 0.648. The van der Waals surface area contributed by atoms with E-state index in [-0.39, 0.29) is 11.0 Å². The lowest BCUT2D eigenvalue weighted by atomic mass is 10.1. The smallest absolute Gasteiger partial charge is 0.182 e. The van der Waals surface area contributed by atoms with Crippen molar-refractivity contribution in [3.8, 4) is 6.07 Å². The molecular weight excluding hydrogens is 221 g/mol. The third-order valence-corrected chi connectivity index (χ3v) is 3.36. The number of thiophene rings is 1. The van der Waals surface area contributed by atoms with E-state index in [1.165, 1.54) is 0 Å². The van der Waals surface area contributed by atoms with E-state index >= 15 is 0 Å². The third kappa shape index (κ3) is 1.28. The van der Waals surface area contributed by atoms with E-state index < -0.39 is 0 Å². The van der Waals surface area contributed by atoms with Crippen LogP contribution in [-0.2, 0) is 5.88 Å². The van der Waals surface area contributed by atoms with E-state index in [1.54, 1.807) is 18.2 Å². The van der Waals surface area contributed by atoms with Crippen LogP contribution in [0.15, 0.2) is 18.2 Å². The molecule has 0 atom stereocenters. The van der Waals surface area contributed by atoms with Gasteiger partial charge in [-0.3, -0.25) is 0 Å². The molecule has 0 saturated carbocycles. The minimum absolute atomic E-state index is 0.140. The highest BCUT2D eigenvalue weighted by Crippen LogP contribution is 2.33. The van der Waals surface area contributed by atoms with Crippen LogP contribution in [0.25, 0.3) is 10.1 Å². The number of hydrogen-bond acceptors (Lipinski definition) is 2. The number of benzene rings is 1. The number of nitriles is 1. The standard InChI is InChI=1S/C10H5ClFNS/c11-4-8-7-3-1-2-6(5-13)9(7)14-10(8)12/h1-3H,4H2. The number of halogens is 2. The van der Waals surface area contributed by atoms with Gasteiger partial charge in [0, 0.05) is 10.9 Å². The molecule has 0 bridgehead atoms. The highest BCUT2D eigenvalue weighted by molar-refractivity contribution is 7.18. The summed E-state index contributed by atoms with van der Waals surface area (Å²) in [5.41, 5.74) is 0.992. The summed E-state index contributed by atoms with van der Waals surface area (Å²) in [7, 11) is 0. The molecule has 0 aliphatic carbocycles. The van der Waals surface area contributed by atoms with Crippen molar-refractivity contribution in [3.05, 3.63) is 34.5 Å². The lowest BCUT2D eigenvalue weighted by Gasteiger charge is -1.93. The second-order valence-corrected chi connectivity index (χ2v) is 4.02. The van der Waals surface area contributed by atoms with Crippen LogP contribution in [0.3, 0.4) is 0 Å². The number of hydrogen-bond donors (Lipinski definition) is 0. The Balaban J connectivity index is 2.87. The molecule has 0 saturated heterocycles. The molecule has 0 N–H and O–H groups in total. The average Bonchev–Trinajstić information content (AvgIpc) is 2.52. The number of alkyl halides is 1. The van der Waals surface area contributed by atoms with E-state index in [0.29, 0.717) is 15.8 Å². The van der Waals surface area contributed by atoms with Crippen molar-refractivity contribution < 1.29 is 4.39 Å². The quantitative estimate of drug-likeness (QED) is 0.680. The Labute approximate surface area is 89.3 Å². The van der Waals surface area contributed by atoms with E-state index in [2.05, 4.69) is 0 Å². The molecule has 4 heteroatoms. The van der Waals surface area contributed by atoms with Crippen molar-refractivity contribution in [2.24, 2.45) is 0 Å². The Hall–Kier alpha value is -1.11. The first-order valence-electron chi connectivity index (χ1n) is 3.94. The molecule has 1 heterocycles. The van der Waals surface area contributed by atoms with Crippen LogP contribution in [0, 0.1) is 16.5 Å².